The Morgan fingerprint density at radius 2 is 0.852 bits per heavy atom. The standard InChI is InChI=1S/C58H37N3/c1-4-13-37(14-5-1)38-23-27-44(28-24-38)56-59-57(61-58(60-56)55-45-20-9-3-8-17-40(45)29-32-46(55)39-15-6-2-7-16-39)52-36-35-49(47-21-10-11-22-48(47)52)50-33-30-43-26-25-41-18-12-19-42-31-34-51(50)54(43)53(41)42/h1-2,4-36H,3H2. The van der Waals surface area contributed by atoms with Gasteiger partial charge >= 0.3 is 0 Å². The van der Waals surface area contributed by atoms with Crippen molar-refractivity contribution in [3.8, 4) is 67.5 Å². The van der Waals surface area contributed by atoms with Crippen molar-refractivity contribution >= 4 is 55.2 Å². The highest BCUT2D eigenvalue weighted by atomic mass is 15.0. The summed E-state index contributed by atoms with van der Waals surface area (Å²) in [5.74, 6) is 1.90. The SMILES string of the molecule is C1=Cc2ccc(-c3ccccc3)c(-c3nc(-c4ccc(-c5ccccc5)cc4)nc(-c4ccc(-c5ccc6ccc7cccc8ccc5c6c78)c5ccccc45)n3)c2C=CC1. The van der Waals surface area contributed by atoms with Crippen molar-refractivity contribution in [2.75, 3.05) is 0 Å². The van der Waals surface area contributed by atoms with Gasteiger partial charge in [0.1, 0.15) is 0 Å². The number of benzene rings is 10. The van der Waals surface area contributed by atoms with E-state index in [1.165, 1.54) is 49.0 Å². The molecule has 11 aromatic rings. The van der Waals surface area contributed by atoms with Crippen molar-refractivity contribution in [3.05, 3.63) is 211 Å². The van der Waals surface area contributed by atoms with Gasteiger partial charge in [-0.05, 0) is 100 Å². The number of rotatable bonds is 6. The van der Waals surface area contributed by atoms with Gasteiger partial charge in [-0.15, -0.1) is 0 Å². The number of fused-ring (bicyclic) bond motifs is 2. The first-order chi connectivity index (χ1) is 30.2. The predicted molar refractivity (Wildman–Crippen MR) is 256 cm³/mol. The van der Waals surface area contributed by atoms with Crippen molar-refractivity contribution in [1.82, 2.24) is 15.0 Å². The minimum absolute atomic E-state index is 0.629. The van der Waals surface area contributed by atoms with Crippen LogP contribution >= 0.6 is 0 Å². The molecule has 1 aliphatic carbocycles. The van der Waals surface area contributed by atoms with E-state index in [1.54, 1.807) is 0 Å². The first-order valence-corrected chi connectivity index (χ1v) is 20.9. The zero-order valence-corrected chi connectivity index (χ0v) is 33.3. The van der Waals surface area contributed by atoms with Crippen molar-refractivity contribution in [3.63, 3.8) is 0 Å². The van der Waals surface area contributed by atoms with Crippen LogP contribution < -0.4 is 0 Å². The molecule has 0 saturated carbocycles. The van der Waals surface area contributed by atoms with Gasteiger partial charge in [0.2, 0.25) is 0 Å². The largest absolute Gasteiger partial charge is 0.208 e. The highest BCUT2D eigenvalue weighted by molar-refractivity contribution is 6.26. The summed E-state index contributed by atoms with van der Waals surface area (Å²) in [6.07, 6.45) is 9.74. The van der Waals surface area contributed by atoms with Gasteiger partial charge in [0.25, 0.3) is 0 Å². The van der Waals surface area contributed by atoms with Crippen LogP contribution in [-0.4, -0.2) is 15.0 Å². The molecule has 0 fully saturated rings. The van der Waals surface area contributed by atoms with Crippen molar-refractivity contribution in [2.24, 2.45) is 0 Å². The molecule has 0 amide bonds. The third-order valence-corrected chi connectivity index (χ3v) is 12.3. The van der Waals surface area contributed by atoms with Crippen LogP contribution in [0.1, 0.15) is 17.5 Å². The van der Waals surface area contributed by atoms with E-state index in [0.29, 0.717) is 17.5 Å². The number of hydrogen-bond donors (Lipinski definition) is 0. The summed E-state index contributed by atoms with van der Waals surface area (Å²) in [5, 5.41) is 9.91. The van der Waals surface area contributed by atoms with Gasteiger partial charge in [-0.3, -0.25) is 0 Å². The van der Waals surface area contributed by atoms with Gasteiger partial charge in [-0.2, -0.15) is 0 Å². The number of hydrogen-bond acceptors (Lipinski definition) is 3. The molecular formula is C58H37N3. The fraction of sp³-hybridized carbons (Fsp3) is 0.0172. The Hall–Kier alpha value is -8.01. The van der Waals surface area contributed by atoms with Crippen LogP contribution in [0.15, 0.2) is 200 Å². The average Bonchev–Trinajstić information content (AvgIpc) is 3.59. The normalized spacial score (nSPS) is 12.4. The molecule has 61 heavy (non-hydrogen) atoms. The molecule has 0 bridgehead atoms. The molecule has 12 rings (SSSR count). The molecule has 3 nitrogen and oxygen atoms in total. The van der Waals surface area contributed by atoms with E-state index in [-0.39, 0.29) is 0 Å². The maximum Gasteiger partial charge on any atom is 0.165 e. The van der Waals surface area contributed by atoms with E-state index in [1.807, 2.05) is 6.07 Å². The second-order valence-electron chi connectivity index (χ2n) is 15.8. The molecule has 0 atom stereocenters. The molecule has 0 aliphatic heterocycles. The Kier molecular flexibility index (Phi) is 8.24. The number of aromatic nitrogens is 3. The Balaban J connectivity index is 1.09. The van der Waals surface area contributed by atoms with E-state index in [0.717, 1.165) is 61.7 Å². The average molecular weight is 776 g/mol. The second-order valence-corrected chi connectivity index (χ2v) is 15.8. The molecule has 0 N–H and O–H groups in total. The van der Waals surface area contributed by atoms with E-state index < -0.39 is 0 Å². The zero-order chi connectivity index (χ0) is 40.3. The summed E-state index contributed by atoms with van der Waals surface area (Å²) in [5.41, 5.74) is 12.0. The fourth-order valence-electron chi connectivity index (χ4n) is 9.40. The molecule has 1 aliphatic rings. The van der Waals surface area contributed by atoms with Gasteiger partial charge in [-0.25, -0.2) is 15.0 Å². The van der Waals surface area contributed by atoms with Crippen LogP contribution in [0.25, 0.3) is 123 Å². The van der Waals surface area contributed by atoms with E-state index in [4.69, 9.17) is 15.0 Å². The van der Waals surface area contributed by atoms with Crippen molar-refractivity contribution in [2.45, 2.75) is 6.42 Å². The van der Waals surface area contributed by atoms with Gasteiger partial charge in [-0.1, -0.05) is 206 Å². The Morgan fingerprint density at radius 3 is 1.64 bits per heavy atom. The van der Waals surface area contributed by atoms with Crippen LogP contribution in [-0.2, 0) is 0 Å². The molecule has 3 heteroatoms. The summed E-state index contributed by atoms with van der Waals surface area (Å²) < 4.78 is 0. The zero-order valence-electron chi connectivity index (χ0n) is 33.3. The van der Waals surface area contributed by atoms with E-state index >= 15 is 0 Å². The van der Waals surface area contributed by atoms with Crippen LogP contribution in [0.3, 0.4) is 0 Å². The van der Waals surface area contributed by atoms with Crippen molar-refractivity contribution in [1.29, 1.82) is 0 Å². The summed E-state index contributed by atoms with van der Waals surface area (Å²) in [4.78, 5) is 16.2. The highest BCUT2D eigenvalue weighted by Crippen LogP contribution is 2.44. The molecule has 0 saturated heterocycles. The maximum absolute atomic E-state index is 5.47. The lowest BCUT2D eigenvalue weighted by Gasteiger charge is -2.18. The van der Waals surface area contributed by atoms with Crippen LogP contribution in [0, 0.1) is 0 Å². The lowest BCUT2D eigenvalue weighted by atomic mass is 9.87. The molecule has 10 aromatic carbocycles. The van der Waals surface area contributed by atoms with Gasteiger partial charge in [0.05, 0.1) is 0 Å². The third-order valence-electron chi connectivity index (χ3n) is 12.3. The monoisotopic (exact) mass is 775 g/mol. The lowest BCUT2D eigenvalue weighted by Crippen LogP contribution is -2.03. The Labute approximate surface area is 354 Å². The first kappa shape index (κ1) is 35.0. The van der Waals surface area contributed by atoms with Crippen LogP contribution in [0.2, 0.25) is 0 Å². The quantitative estimate of drug-likeness (QED) is 0.158. The molecule has 1 heterocycles. The predicted octanol–water partition coefficient (Wildman–Crippen LogP) is 15.4. The van der Waals surface area contributed by atoms with E-state index in [2.05, 4.69) is 206 Å². The molecule has 0 spiro atoms. The molecule has 0 unspecified atom stereocenters. The third kappa shape index (κ3) is 5.93. The number of nitrogens with zero attached hydrogens (tertiary/aromatic N) is 3. The molecule has 284 valence electrons. The van der Waals surface area contributed by atoms with Gasteiger partial charge in [0, 0.05) is 16.7 Å². The summed E-state index contributed by atoms with van der Waals surface area (Å²) in [7, 11) is 0. The lowest BCUT2D eigenvalue weighted by molar-refractivity contribution is 1.08. The second kappa shape index (κ2) is 14.4. The Bertz CT molecular complexity index is 3510. The summed E-state index contributed by atoms with van der Waals surface area (Å²) in [6.45, 7) is 0. The number of allylic oxidation sites excluding steroid dienone is 2. The summed E-state index contributed by atoms with van der Waals surface area (Å²) in [6, 6.07) is 67.4. The Morgan fingerprint density at radius 1 is 0.311 bits per heavy atom. The summed E-state index contributed by atoms with van der Waals surface area (Å²) >= 11 is 0. The molecule has 1 aromatic heterocycles. The topological polar surface area (TPSA) is 38.7 Å². The first-order valence-electron chi connectivity index (χ1n) is 20.9. The highest BCUT2D eigenvalue weighted by Gasteiger charge is 2.22. The van der Waals surface area contributed by atoms with Crippen LogP contribution in [0.4, 0.5) is 0 Å². The molecular weight excluding hydrogens is 739 g/mol. The molecule has 0 radical (unpaired) electrons. The van der Waals surface area contributed by atoms with Gasteiger partial charge in [0.15, 0.2) is 17.5 Å². The smallest absolute Gasteiger partial charge is 0.165 e. The van der Waals surface area contributed by atoms with E-state index in [9.17, 15) is 0 Å². The minimum atomic E-state index is 0.629. The fourth-order valence-corrected chi connectivity index (χ4v) is 9.40. The van der Waals surface area contributed by atoms with Crippen molar-refractivity contribution < 1.29 is 0 Å². The maximum atomic E-state index is 5.47. The van der Waals surface area contributed by atoms with Gasteiger partial charge < -0.3 is 0 Å². The minimum Gasteiger partial charge on any atom is -0.208 e. The van der Waals surface area contributed by atoms with Crippen LogP contribution in [0.5, 0.6) is 0 Å².